The molecule has 0 aliphatic carbocycles. The zero-order valence-corrected chi connectivity index (χ0v) is 10.5. The molecule has 1 aromatic rings. The van der Waals surface area contributed by atoms with Gasteiger partial charge in [0.25, 0.3) is 0 Å². The van der Waals surface area contributed by atoms with Crippen LogP contribution >= 0.6 is 11.8 Å². The van der Waals surface area contributed by atoms with E-state index in [1.54, 1.807) is 37.3 Å². The van der Waals surface area contributed by atoms with Crippen molar-refractivity contribution in [2.75, 3.05) is 0 Å². The van der Waals surface area contributed by atoms with E-state index in [2.05, 4.69) is 4.99 Å². The first-order valence-electron chi connectivity index (χ1n) is 5.30. The summed E-state index contributed by atoms with van der Waals surface area (Å²) in [4.78, 5) is 27.4. The topological polar surface area (TPSA) is 92.8 Å². The number of ketones is 1. The van der Waals surface area contributed by atoms with Crippen LogP contribution in [0.4, 0.5) is 0 Å². The molecule has 1 aliphatic heterocycles. The van der Waals surface area contributed by atoms with Gasteiger partial charge >= 0.3 is 5.97 Å². The summed E-state index contributed by atoms with van der Waals surface area (Å²) in [6, 6.07) is 8.50. The molecule has 0 radical (unpaired) electrons. The first-order chi connectivity index (χ1) is 8.45. The van der Waals surface area contributed by atoms with E-state index in [0.29, 0.717) is 10.6 Å². The van der Waals surface area contributed by atoms with Gasteiger partial charge in [-0.3, -0.25) is 10.5 Å². The Morgan fingerprint density at radius 2 is 2.00 bits per heavy atom. The first-order valence-corrected chi connectivity index (χ1v) is 6.18. The molecule has 18 heavy (non-hydrogen) atoms. The molecule has 0 saturated heterocycles. The lowest BCUT2D eigenvalue weighted by molar-refractivity contribution is -0.142. The Kier molecular flexibility index (Phi) is 3.23. The Morgan fingerprint density at radius 1 is 1.39 bits per heavy atom. The molecule has 3 N–H and O–H groups in total. The zero-order chi connectivity index (χ0) is 13.3. The molecule has 2 atom stereocenters. The molecule has 2 unspecified atom stereocenters. The highest BCUT2D eigenvalue weighted by Gasteiger charge is 2.51. The van der Waals surface area contributed by atoms with Gasteiger partial charge in [0.05, 0.1) is 5.04 Å². The molecule has 1 heterocycles. The minimum Gasteiger partial charge on any atom is -0.478 e. The average Bonchev–Trinajstić information content (AvgIpc) is 2.66. The summed E-state index contributed by atoms with van der Waals surface area (Å²) < 4.78 is 0. The molecule has 6 heteroatoms. The third-order valence-electron chi connectivity index (χ3n) is 2.67. The van der Waals surface area contributed by atoms with Crippen LogP contribution in [-0.4, -0.2) is 32.8 Å². The summed E-state index contributed by atoms with van der Waals surface area (Å²) in [5, 5.41) is 8.75. The highest BCUT2D eigenvalue weighted by molar-refractivity contribution is 8.15. The molecular formula is C12H12N2O3S. The second kappa shape index (κ2) is 4.55. The van der Waals surface area contributed by atoms with Gasteiger partial charge in [-0.25, -0.2) is 9.79 Å². The fourth-order valence-electron chi connectivity index (χ4n) is 1.77. The number of nitrogens with zero attached hydrogens (tertiary/aromatic N) is 1. The molecular weight excluding hydrogens is 252 g/mol. The zero-order valence-electron chi connectivity index (χ0n) is 9.66. The van der Waals surface area contributed by atoms with Crippen LogP contribution in [0.3, 0.4) is 0 Å². The van der Waals surface area contributed by atoms with Crippen LogP contribution in [0.5, 0.6) is 0 Å². The van der Waals surface area contributed by atoms with Gasteiger partial charge in [-0.05, 0) is 6.92 Å². The van der Waals surface area contributed by atoms with E-state index >= 15 is 0 Å². The Balaban J connectivity index is 2.35. The lowest BCUT2D eigenvalue weighted by Crippen LogP contribution is -2.55. The second-order valence-corrected chi connectivity index (χ2v) is 5.29. The summed E-state index contributed by atoms with van der Waals surface area (Å²) >= 11 is 1.10. The predicted octanol–water partition coefficient (Wildman–Crippen LogP) is 1.14. The van der Waals surface area contributed by atoms with Crippen molar-refractivity contribution in [1.29, 1.82) is 0 Å². The third kappa shape index (κ3) is 2.04. The van der Waals surface area contributed by atoms with Crippen molar-refractivity contribution >= 4 is 28.6 Å². The van der Waals surface area contributed by atoms with Crippen LogP contribution in [0.1, 0.15) is 17.3 Å². The molecule has 1 aromatic carbocycles. The molecule has 0 aromatic heterocycles. The van der Waals surface area contributed by atoms with Gasteiger partial charge in [-0.2, -0.15) is 0 Å². The number of Topliss-reactive ketones (excluding diaryl/α,β-unsaturated/α-hetero) is 1. The number of nitrogens with two attached hydrogens (primary N) is 1. The molecule has 94 valence electrons. The van der Waals surface area contributed by atoms with Gasteiger partial charge in [-0.15, -0.1) is 0 Å². The van der Waals surface area contributed by atoms with Crippen LogP contribution in [0.2, 0.25) is 0 Å². The number of aliphatic carboxylic acids is 1. The Morgan fingerprint density at radius 3 is 2.56 bits per heavy atom. The van der Waals surface area contributed by atoms with Crippen LogP contribution in [0, 0.1) is 0 Å². The van der Waals surface area contributed by atoms with Crippen LogP contribution < -0.4 is 5.73 Å². The molecule has 0 saturated carbocycles. The van der Waals surface area contributed by atoms with Crippen molar-refractivity contribution < 1.29 is 14.7 Å². The van der Waals surface area contributed by atoms with Gasteiger partial charge in [0.15, 0.2) is 5.78 Å². The molecule has 0 amide bonds. The van der Waals surface area contributed by atoms with Crippen molar-refractivity contribution in [3.63, 3.8) is 0 Å². The van der Waals surface area contributed by atoms with E-state index in [-0.39, 0.29) is 5.78 Å². The predicted molar refractivity (Wildman–Crippen MR) is 69.8 cm³/mol. The van der Waals surface area contributed by atoms with Gasteiger partial charge in [-0.1, -0.05) is 42.1 Å². The van der Waals surface area contributed by atoms with Gasteiger partial charge in [0.1, 0.15) is 5.25 Å². The smallest absolute Gasteiger partial charge is 0.348 e. The summed E-state index contributed by atoms with van der Waals surface area (Å²) in [5.41, 5.74) is 4.31. The fraction of sp³-hybridized carbons (Fsp3) is 0.250. The monoisotopic (exact) mass is 264 g/mol. The van der Waals surface area contributed by atoms with Crippen molar-refractivity contribution in [2.45, 2.75) is 17.8 Å². The van der Waals surface area contributed by atoms with E-state index < -0.39 is 16.9 Å². The number of carbonyl (C=O) groups excluding carboxylic acids is 1. The number of carboxylic acid groups (broad SMARTS) is 1. The van der Waals surface area contributed by atoms with E-state index in [0.717, 1.165) is 11.8 Å². The van der Waals surface area contributed by atoms with E-state index in [9.17, 15) is 9.59 Å². The summed E-state index contributed by atoms with van der Waals surface area (Å²) in [7, 11) is 0. The van der Waals surface area contributed by atoms with Gasteiger partial charge in [0.2, 0.25) is 5.66 Å². The molecule has 0 spiro atoms. The maximum absolute atomic E-state index is 12.3. The van der Waals surface area contributed by atoms with Crippen molar-refractivity contribution in [3.8, 4) is 0 Å². The molecule has 5 nitrogen and oxygen atoms in total. The van der Waals surface area contributed by atoms with E-state index in [4.69, 9.17) is 10.8 Å². The van der Waals surface area contributed by atoms with E-state index in [1.165, 1.54) is 0 Å². The minimum atomic E-state index is -1.87. The van der Waals surface area contributed by atoms with Crippen molar-refractivity contribution in [2.24, 2.45) is 10.7 Å². The average molecular weight is 264 g/mol. The number of aliphatic imine (C=N–C) groups is 1. The number of benzene rings is 1. The molecule has 1 aliphatic rings. The number of carboxylic acids is 1. The highest BCUT2D eigenvalue weighted by atomic mass is 32.2. The largest absolute Gasteiger partial charge is 0.478 e. The maximum Gasteiger partial charge on any atom is 0.348 e. The number of hydrogen-bond acceptors (Lipinski definition) is 5. The van der Waals surface area contributed by atoms with Crippen LogP contribution in [-0.2, 0) is 4.79 Å². The number of hydrogen-bond donors (Lipinski definition) is 2. The lowest BCUT2D eigenvalue weighted by Gasteiger charge is -2.22. The third-order valence-corrected chi connectivity index (χ3v) is 3.91. The van der Waals surface area contributed by atoms with Gasteiger partial charge < -0.3 is 5.11 Å². The number of rotatable bonds is 3. The highest BCUT2D eigenvalue weighted by Crippen LogP contribution is 2.34. The SMILES string of the molecule is CC1=NC(N)(C(=O)O)C(C(=O)c2ccccc2)S1. The van der Waals surface area contributed by atoms with Crippen LogP contribution in [0.25, 0.3) is 0 Å². The Labute approximate surface area is 108 Å². The summed E-state index contributed by atoms with van der Waals surface area (Å²) in [6.07, 6.45) is 0. The fourth-order valence-corrected chi connectivity index (χ4v) is 2.89. The van der Waals surface area contributed by atoms with Crippen molar-refractivity contribution in [1.82, 2.24) is 0 Å². The summed E-state index contributed by atoms with van der Waals surface area (Å²) in [5.74, 6) is -1.60. The number of thioether (sulfide) groups is 1. The minimum absolute atomic E-state index is 0.314. The number of carbonyl (C=O) groups is 2. The van der Waals surface area contributed by atoms with Crippen LogP contribution in [0.15, 0.2) is 35.3 Å². The molecule has 2 rings (SSSR count). The van der Waals surface area contributed by atoms with E-state index in [1.807, 2.05) is 0 Å². The van der Waals surface area contributed by atoms with Gasteiger partial charge in [0, 0.05) is 5.56 Å². The molecule has 0 bridgehead atoms. The normalized spacial score (nSPS) is 26.8. The quantitative estimate of drug-likeness (QED) is 0.799. The summed E-state index contributed by atoms with van der Waals surface area (Å²) in [6.45, 7) is 1.65. The molecule has 0 fully saturated rings. The van der Waals surface area contributed by atoms with Crippen molar-refractivity contribution in [3.05, 3.63) is 35.9 Å². The lowest BCUT2D eigenvalue weighted by atomic mass is 9.99. The Hall–Kier alpha value is -1.66. The second-order valence-electron chi connectivity index (χ2n) is 3.99. The standard InChI is InChI=1S/C12H12N2O3S/c1-7-14-12(13,11(16)17)10(18-7)9(15)8-5-3-2-4-6-8/h2-6,10H,13H2,1H3,(H,16,17). The Bertz CT molecular complexity index is 529. The first kappa shape index (κ1) is 12.8. The maximum atomic E-state index is 12.3.